The minimum atomic E-state index is -1.57. The van der Waals surface area contributed by atoms with E-state index in [2.05, 4.69) is 5.32 Å². The third kappa shape index (κ3) is 7.75. The van der Waals surface area contributed by atoms with E-state index in [4.69, 9.17) is 10.5 Å². The molecule has 1 aliphatic rings. The van der Waals surface area contributed by atoms with Crippen LogP contribution in [0.3, 0.4) is 0 Å². The molecule has 0 heterocycles. The highest BCUT2D eigenvalue weighted by atomic mass is 16.5. The van der Waals surface area contributed by atoms with Gasteiger partial charge in [-0.1, -0.05) is 73.5 Å². The SMILES string of the molecule is CCOC(=O)C1(N(C(=O)CCC(=O)O)C(=O)[C@H](Cc2ccccc2)NC(=O)[C@@H](N)Cc2ccccc2)CCCC1. The van der Waals surface area contributed by atoms with Crippen molar-refractivity contribution >= 4 is 29.7 Å². The minimum Gasteiger partial charge on any atom is -0.481 e. The van der Waals surface area contributed by atoms with Gasteiger partial charge in [-0.2, -0.15) is 0 Å². The van der Waals surface area contributed by atoms with Gasteiger partial charge >= 0.3 is 11.9 Å². The first-order valence-electron chi connectivity index (χ1n) is 13.6. The van der Waals surface area contributed by atoms with Crippen LogP contribution in [0.15, 0.2) is 60.7 Å². The quantitative estimate of drug-likeness (QED) is 0.320. The number of hydrogen-bond acceptors (Lipinski definition) is 7. The first kappa shape index (κ1) is 30.5. The first-order chi connectivity index (χ1) is 19.2. The second-order valence-corrected chi connectivity index (χ2v) is 9.97. The van der Waals surface area contributed by atoms with Gasteiger partial charge in [-0.15, -0.1) is 0 Å². The van der Waals surface area contributed by atoms with Crippen LogP contribution in [0.5, 0.6) is 0 Å². The number of esters is 1. The van der Waals surface area contributed by atoms with Crippen LogP contribution in [0, 0.1) is 0 Å². The monoisotopic (exact) mass is 551 g/mol. The average molecular weight is 552 g/mol. The van der Waals surface area contributed by atoms with Crippen molar-refractivity contribution in [3.8, 4) is 0 Å². The number of amides is 3. The molecule has 2 atom stereocenters. The van der Waals surface area contributed by atoms with Crippen molar-refractivity contribution in [1.29, 1.82) is 0 Å². The van der Waals surface area contributed by atoms with E-state index in [9.17, 15) is 29.1 Å². The van der Waals surface area contributed by atoms with Crippen LogP contribution in [0.4, 0.5) is 0 Å². The highest BCUT2D eigenvalue weighted by molar-refractivity contribution is 6.05. The number of carbonyl (C=O) groups is 5. The largest absolute Gasteiger partial charge is 0.481 e. The fourth-order valence-electron chi connectivity index (χ4n) is 5.09. The Hall–Kier alpha value is -4.05. The smallest absolute Gasteiger partial charge is 0.332 e. The number of nitrogens with one attached hydrogen (secondary N) is 1. The summed E-state index contributed by atoms with van der Waals surface area (Å²) in [7, 11) is 0. The predicted molar refractivity (Wildman–Crippen MR) is 147 cm³/mol. The lowest BCUT2D eigenvalue weighted by molar-refractivity contribution is -0.171. The number of nitrogens with two attached hydrogens (primary N) is 1. The average Bonchev–Trinajstić information content (AvgIpc) is 3.43. The lowest BCUT2D eigenvalue weighted by Gasteiger charge is -2.39. The Morgan fingerprint density at radius 2 is 1.48 bits per heavy atom. The molecular weight excluding hydrogens is 514 g/mol. The maximum Gasteiger partial charge on any atom is 0.332 e. The third-order valence-corrected chi connectivity index (χ3v) is 7.07. The fourth-order valence-corrected chi connectivity index (χ4v) is 5.09. The van der Waals surface area contributed by atoms with E-state index < -0.39 is 60.1 Å². The summed E-state index contributed by atoms with van der Waals surface area (Å²) in [5.74, 6) is -4.11. The van der Waals surface area contributed by atoms with Gasteiger partial charge in [-0.3, -0.25) is 24.1 Å². The molecule has 2 aromatic rings. The van der Waals surface area contributed by atoms with Crippen molar-refractivity contribution in [2.75, 3.05) is 6.61 Å². The number of rotatable bonds is 13. The van der Waals surface area contributed by atoms with Gasteiger partial charge in [0.1, 0.15) is 11.6 Å². The number of ether oxygens (including phenoxy) is 1. The number of hydrogen-bond donors (Lipinski definition) is 3. The van der Waals surface area contributed by atoms with E-state index in [0.29, 0.717) is 18.4 Å². The second-order valence-electron chi connectivity index (χ2n) is 9.97. The Labute approximate surface area is 233 Å². The predicted octanol–water partition coefficient (Wildman–Crippen LogP) is 2.38. The second kappa shape index (κ2) is 14.4. The molecule has 0 bridgehead atoms. The number of benzene rings is 2. The molecule has 0 radical (unpaired) electrons. The molecule has 214 valence electrons. The molecule has 0 unspecified atom stereocenters. The van der Waals surface area contributed by atoms with Crippen LogP contribution < -0.4 is 11.1 Å². The number of aliphatic carboxylic acids is 1. The van der Waals surface area contributed by atoms with Crippen molar-refractivity contribution in [2.45, 2.75) is 75.9 Å². The van der Waals surface area contributed by atoms with E-state index in [1.54, 1.807) is 31.2 Å². The number of nitrogens with zero attached hydrogens (tertiary/aromatic N) is 1. The van der Waals surface area contributed by atoms with Crippen LogP contribution in [0.2, 0.25) is 0 Å². The molecule has 0 saturated heterocycles. The maximum atomic E-state index is 14.2. The van der Waals surface area contributed by atoms with Gasteiger partial charge in [0, 0.05) is 12.8 Å². The molecule has 2 aromatic carbocycles. The molecule has 40 heavy (non-hydrogen) atoms. The summed E-state index contributed by atoms with van der Waals surface area (Å²) in [6.45, 7) is 1.68. The van der Waals surface area contributed by atoms with E-state index in [-0.39, 0.29) is 32.3 Å². The van der Waals surface area contributed by atoms with Gasteiger partial charge < -0.3 is 20.9 Å². The molecule has 1 saturated carbocycles. The standard InChI is InChI=1S/C30H37N3O7/c1-2-40-29(39)30(17-9-10-18-30)33(25(34)15-16-26(35)36)28(38)24(20-22-13-7-4-8-14-22)32-27(37)23(31)19-21-11-5-3-6-12-21/h3-8,11-14,23-24H,2,9-10,15-20,31H2,1H3,(H,32,37)(H,35,36)/t23-,24-/m0/s1. The summed E-state index contributed by atoms with van der Waals surface area (Å²) in [5, 5.41) is 11.9. The highest BCUT2D eigenvalue weighted by Gasteiger charge is 2.53. The summed E-state index contributed by atoms with van der Waals surface area (Å²) in [6.07, 6.45) is 0.795. The topological polar surface area (TPSA) is 156 Å². The molecule has 4 N–H and O–H groups in total. The molecular formula is C30H37N3O7. The molecule has 10 heteroatoms. The van der Waals surface area contributed by atoms with Gasteiger partial charge in [0.2, 0.25) is 11.8 Å². The number of carboxylic acids is 1. The Morgan fingerprint density at radius 3 is 2.00 bits per heavy atom. The summed E-state index contributed by atoms with van der Waals surface area (Å²) in [6, 6.07) is 15.9. The van der Waals surface area contributed by atoms with E-state index >= 15 is 0 Å². The van der Waals surface area contributed by atoms with Gasteiger partial charge in [0.25, 0.3) is 5.91 Å². The van der Waals surface area contributed by atoms with Crippen LogP contribution in [0.1, 0.15) is 56.6 Å². The zero-order chi connectivity index (χ0) is 29.1. The Morgan fingerprint density at radius 1 is 0.925 bits per heavy atom. The van der Waals surface area contributed by atoms with Gasteiger partial charge in [-0.25, -0.2) is 4.79 Å². The van der Waals surface area contributed by atoms with E-state index in [1.807, 2.05) is 36.4 Å². The normalized spacial score (nSPS) is 15.4. The maximum absolute atomic E-state index is 14.2. The molecule has 0 aliphatic heterocycles. The molecule has 0 aromatic heterocycles. The summed E-state index contributed by atoms with van der Waals surface area (Å²) in [4.78, 5) is 66.4. The summed E-state index contributed by atoms with van der Waals surface area (Å²) < 4.78 is 5.31. The van der Waals surface area contributed by atoms with Crippen LogP contribution >= 0.6 is 0 Å². The number of imide groups is 1. The van der Waals surface area contributed by atoms with Crippen molar-refractivity contribution < 1.29 is 33.8 Å². The molecule has 1 fully saturated rings. The Bertz CT molecular complexity index is 1180. The zero-order valence-electron chi connectivity index (χ0n) is 22.7. The van der Waals surface area contributed by atoms with Crippen molar-refractivity contribution in [1.82, 2.24) is 10.2 Å². The van der Waals surface area contributed by atoms with Gasteiger partial charge in [-0.05, 0) is 37.3 Å². The molecule has 0 spiro atoms. The molecule has 10 nitrogen and oxygen atoms in total. The number of carboxylic acid groups (broad SMARTS) is 1. The summed E-state index contributed by atoms with van der Waals surface area (Å²) >= 11 is 0. The van der Waals surface area contributed by atoms with Crippen LogP contribution in [0.25, 0.3) is 0 Å². The van der Waals surface area contributed by atoms with Gasteiger partial charge in [0.15, 0.2) is 0 Å². The minimum absolute atomic E-state index is 0.0328. The van der Waals surface area contributed by atoms with Crippen LogP contribution in [-0.2, 0) is 41.6 Å². The van der Waals surface area contributed by atoms with Gasteiger partial charge in [0.05, 0.1) is 19.1 Å². The van der Waals surface area contributed by atoms with Crippen molar-refractivity contribution in [3.05, 3.63) is 71.8 Å². The zero-order valence-corrected chi connectivity index (χ0v) is 22.7. The Kier molecular flexibility index (Phi) is 11.0. The lowest BCUT2D eigenvalue weighted by Crippen LogP contribution is -2.64. The van der Waals surface area contributed by atoms with Crippen molar-refractivity contribution in [3.63, 3.8) is 0 Å². The van der Waals surface area contributed by atoms with Crippen LogP contribution in [-0.4, -0.2) is 63.9 Å². The molecule has 3 rings (SSSR count). The molecule has 3 amide bonds. The third-order valence-electron chi connectivity index (χ3n) is 7.07. The fraction of sp³-hybridized carbons (Fsp3) is 0.433. The summed E-state index contributed by atoms with van der Waals surface area (Å²) in [5.41, 5.74) is 6.18. The van der Waals surface area contributed by atoms with E-state index in [1.165, 1.54) is 0 Å². The lowest BCUT2D eigenvalue weighted by atomic mass is 9.92. The highest BCUT2D eigenvalue weighted by Crippen LogP contribution is 2.38. The number of carbonyl (C=O) groups excluding carboxylic acids is 4. The first-order valence-corrected chi connectivity index (χ1v) is 13.6. The molecule has 1 aliphatic carbocycles. The van der Waals surface area contributed by atoms with Crippen molar-refractivity contribution in [2.24, 2.45) is 5.73 Å². The Balaban J connectivity index is 1.97. The van der Waals surface area contributed by atoms with E-state index in [0.717, 1.165) is 10.5 Å².